The van der Waals surface area contributed by atoms with E-state index in [1.807, 2.05) is 0 Å². The van der Waals surface area contributed by atoms with Gasteiger partial charge in [0.15, 0.2) is 0 Å². The summed E-state index contributed by atoms with van der Waals surface area (Å²) in [6.07, 6.45) is 3.30. The van der Waals surface area contributed by atoms with E-state index in [1.165, 1.54) is 0 Å². The molecule has 0 radical (unpaired) electrons. The second-order valence-electron chi connectivity index (χ2n) is 3.96. The van der Waals surface area contributed by atoms with Crippen LogP contribution in [0.5, 0.6) is 0 Å². The number of primary amides is 1. The Hall–Kier alpha value is -1.10. The molecular weight excluding hydrogens is 182 g/mol. The zero-order valence-electron chi connectivity index (χ0n) is 8.38. The molecule has 1 rings (SSSR count). The molecule has 0 heterocycles. The first-order valence-electron chi connectivity index (χ1n) is 4.85. The van der Waals surface area contributed by atoms with Crippen molar-refractivity contribution in [3.63, 3.8) is 0 Å². The van der Waals surface area contributed by atoms with Gasteiger partial charge in [-0.05, 0) is 19.8 Å². The first-order valence-corrected chi connectivity index (χ1v) is 4.85. The van der Waals surface area contributed by atoms with Gasteiger partial charge < -0.3 is 16.8 Å². The Kier molecular flexibility index (Phi) is 3.10. The number of carbonyl (C=O) groups is 2. The molecule has 0 bridgehead atoms. The van der Waals surface area contributed by atoms with E-state index in [4.69, 9.17) is 11.5 Å². The summed E-state index contributed by atoms with van der Waals surface area (Å²) in [5.41, 5.74) is 10.1. The molecule has 0 aromatic rings. The summed E-state index contributed by atoms with van der Waals surface area (Å²) >= 11 is 0. The molecule has 0 aliphatic heterocycles. The van der Waals surface area contributed by atoms with E-state index in [1.54, 1.807) is 6.92 Å². The van der Waals surface area contributed by atoms with Crippen LogP contribution >= 0.6 is 0 Å². The maximum absolute atomic E-state index is 11.6. The molecule has 1 saturated carbocycles. The third-order valence-corrected chi connectivity index (χ3v) is 2.72. The predicted molar refractivity (Wildman–Crippen MR) is 52.2 cm³/mol. The van der Waals surface area contributed by atoms with E-state index in [0.29, 0.717) is 12.8 Å². The van der Waals surface area contributed by atoms with Gasteiger partial charge in [0.2, 0.25) is 11.8 Å². The molecule has 1 aliphatic carbocycles. The summed E-state index contributed by atoms with van der Waals surface area (Å²) in [5, 5.41) is 2.52. The summed E-state index contributed by atoms with van der Waals surface area (Å²) in [6, 6.07) is -0.650. The molecule has 0 aromatic heterocycles. The third-order valence-electron chi connectivity index (χ3n) is 2.72. The number of nitrogens with two attached hydrogens (primary N) is 2. The number of rotatable bonds is 3. The Morgan fingerprint density at radius 1 is 1.36 bits per heavy atom. The van der Waals surface area contributed by atoms with Gasteiger partial charge in [-0.25, -0.2) is 0 Å². The fourth-order valence-corrected chi connectivity index (χ4v) is 1.64. The summed E-state index contributed by atoms with van der Waals surface area (Å²) in [6.45, 7) is 1.55. The molecule has 0 saturated heterocycles. The van der Waals surface area contributed by atoms with Crippen LogP contribution in [0.25, 0.3) is 0 Å². The second-order valence-corrected chi connectivity index (χ2v) is 3.96. The predicted octanol–water partition coefficient (Wildman–Crippen LogP) is -0.752. The smallest absolute Gasteiger partial charge is 0.240 e. The highest BCUT2D eigenvalue weighted by Gasteiger charge is 2.37. The van der Waals surface area contributed by atoms with Crippen molar-refractivity contribution in [3.05, 3.63) is 0 Å². The molecule has 14 heavy (non-hydrogen) atoms. The van der Waals surface area contributed by atoms with Crippen molar-refractivity contribution in [2.24, 2.45) is 11.5 Å². The average molecular weight is 199 g/mol. The van der Waals surface area contributed by atoms with Gasteiger partial charge in [-0.15, -0.1) is 0 Å². The molecule has 0 spiro atoms. The molecule has 1 atom stereocenters. The summed E-state index contributed by atoms with van der Waals surface area (Å²) in [4.78, 5) is 22.4. The first kappa shape index (κ1) is 11.0. The lowest BCUT2D eigenvalue weighted by molar-refractivity contribution is -0.130. The SMILES string of the molecule is CC(NC(=O)C1(N)CCCC1)C(N)=O. The lowest BCUT2D eigenvalue weighted by atomic mass is 9.98. The number of hydrogen-bond donors (Lipinski definition) is 3. The Labute approximate surface area is 83.2 Å². The maximum atomic E-state index is 11.6. The van der Waals surface area contributed by atoms with Crippen LogP contribution < -0.4 is 16.8 Å². The monoisotopic (exact) mass is 199 g/mol. The Morgan fingerprint density at radius 3 is 2.29 bits per heavy atom. The molecule has 0 aromatic carbocycles. The molecule has 5 N–H and O–H groups in total. The van der Waals surface area contributed by atoms with Crippen molar-refractivity contribution in [2.45, 2.75) is 44.2 Å². The van der Waals surface area contributed by atoms with Crippen LogP contribution in [0.3, 0.4) is 0 Å². The number of hydrogen-bond acceptors (Lipinski definition) is 3. The molecule has 80 valence electrons. The summed E-state index contributed by atoms with van der Waals surface area (Å²) < 4.78 is 0. The van der Waals surface area contributed by atoms with Crippen molar-refractivity contribution in [1.29, 1.82) is 0 Å². The van der Waals surface area contributed by atoms with E-state index >= 15 is 0 Å². The van der Waals surface area contributed by atoms with Crippen molar-refractivity contribution in [1.82, 2.24) is 5.32 Å². The Bertz CT molecular complexity index is 246. The fraction of sp³-hybridized carbons (Fsp3) is 0.778. The standard InChI is InChI=1S/C9H17N3O2/c1-6(7(10)13)12-8(14)9(11)4-2-3-5-9/h6H,2-5,11H2,1H3,(H2,10,13)(H,12,14). The van der Waals surface area contributed by atoms with Crippen LogP contribution in [0.15, 0.2) is 0 Å². The summed E-state index contributed by atoms with van der Waals surface area (Å²) in [5.74, 6) is -0.804. The van der Waals surface area contributed by atoms with Gasteiger partial charge in [-0.3, -0.25) is 9.59 Å². The van der Waals surface area contributed by atoms with Gasteiger partial charge in [-0.1, -0.05) is 12.8 Å². The molecule has 1 aliphatic rings. The normalized spacial score (nSPS) is 21.6. The number of carbonyl (C=O) groups excluding carboxylic acids is 2. The highest BCUT2D eigenvalue weighted by molar-refractivity contribution is 5.91. The lowest BCUT2D eigenvalue weighted by Crippen LogP contribution is -2.56. The van der Waals surface area contributed by atoms with E-state index in [9.17, 15) is 9.59 Å². The van der Waals surface area contributed by atoms with E-state index in [2.05, 4.69) is 5.32 Å². The summed E-state index contributed by atoms with van der Waals surface area (Å²) in [7, 11) is 0. The molecule has 2 amide bonds. The Morgan fingerprint density at radius 2 is 1.86 bits per heavy atom. The van der Waals surface area contributed by atoms with Gasteiger partial charge in [-0.2, -0.15) is 0 Å². The number of nitrogens with one attached hydrogen (secondary N) is 1. The fourth-order valence-electron chi connectivity index (χ4n) is 1.64. The maximum Gasteiger partial charge on any atom is 0.240 e. The van der Waals surface area contributed by atoms with Crippen LogP contribution in [0, 0.1) is 0 Å². The lowest BCUT2D eigenvalue weighted by Gasteiger charge is -2.23. The van der Waals surface area contributed by atoms with Gasteiger partial charge >= 0.3 is 0 Å². The van der Waals surface area contributed by atoms with Crippen LogP contribution in [0.2, 0.25) is 0 Å². The highest BCUT2D eigenvalue weighted by atomic mass is 16.2. The van der Waals surface area contributed by atoms with Crippen molar-refractivity contribution in [2.75, 3.05) is 0 Å². The van der Waals surface area contributed by atoms with Crippen LogP contribution in [-0.2, 0) is 9.59 Å². The van der Waals surface area contributed by atoms with Crippen LogP contribution in [-0.4, -0.2) is 23.4 Å². The van der Waals surface area contributed by atoms with Crippen molar-refractivity contribution >= 4 is 11.8 Å². The van der Waals surface area contributed by atoms with Gasteiger partial charge in [0.05, 0.1) is 5.54 Å². The van der Waals surface area contributed by atoms with Gasteiger partial charge in [0, 0.05) is 0 Å². The minimum absolute atomic E-state index is 0.263. The largest absolute Gasteiger partial charge is 0.368 e. The van der Waals surface area contributed by atoms with E-state index < -0.39 is 17.5 Å². The topological polar surface area (TPSA) is 98.2 Å². The average Bonchev–Trinajstić information content (AvgIpc) is 2.53. The minimum atomic E-state index is -0.788. The number of amides is 2. The molecule has 5 heteroatoms. The second kappa shape index (κ2) is 3.96. The molecule has 1 fully saturated rings. The highest BCUT2D eigenvalue weighted by Crippen LogP contribution is 2.27. The first-order chi connectivity index (χ1) is 6.46. The molecule has 1 unspecified atom stereocenters. The zero-order valence-corrected chi connectivity index (χ0v) is 8.38. The minimum Gasteiger partial charge on any atom is -0.368 e. The van der Waals surface area contributed by atoms with Crippen molar-refractivity contribution < 1.29 is 9.59 Å². The third kappa shape index (κ3) is 2.23. The molecule has 5 nitrogen and oxygen atoms in total. The quantitative estimate of drug-likeness (QED) is 0.557. The molecular formula is C9H17N3O2. The van der Waals surface area contributed by atoms with Crippen LogP contribution in [0.4, 0.5) is 0 Å². The van der Waals surface area contributed by atoms with E-state index in [0.717, 1.165) is 12.8 Å². The van der Waals surface area contributed by atoms with Gasteiger partial charge in [0.25, 0.3) is 0 Å². The zero-order chi connectivity index (χ0) is 10.8. The van der Waals surface area contributed by atoms with E-state index in [-0.39, 0.29) is 5.91 Å². The van der Waals surface area contributed by atoms with Crippen LogP contribution in [0.1, 0.15) is 32.6 Å². The van der Waals surface area contributed by atoms with Gasteiger partial charge in [0.1, 0.15) is 6.04 Å². The van der Waals surface area contributed by atoms with Crippen molar-refractivity contribution in [3.8, 4) is 0 Å². The Balaban J connectivity index is 2.53.